The normalized spacial score (nSPS) is 11.4. The summed E-state index contributed by atoms with van der Waals surface area (Å²) in [4.78, 5) is 11.2. The van der Waals surface area contributed by atoms with Crippen molar-refractivity contribution >= 4 is 5.82 Å². The zero-order valence-corrected chi connectivity index (χ0v) is 13.6. The number of rotatable bonds is 8. The number of nitrogens with one attached hydrogen (secondary N) is 1. The summed E-state index contributed by atoms with van der Waals surface area (Å²) in [7, 11) is 1.85. The second-order valence-corrected chi connectivity index (χ2v) is 5.38. The number of aromatic nitrogens is 2. The van der Waals surface area contributed by atoms with Gasteiger partial charge in [0.2, 0.25) is 5.88 Å². The molecular formula is C15H28N4O. The molecule has 0 aliphatic carbocycles. The Hall–Kier alpha value is -1.36. The molecule has 20 heavy (non-hydrogen) atoms. The lowest BCUT2D eigenvalue weighted by Crippen LogP contribution is -2.39. The van der Waals surface area contributed by atoms with Gasteiger partial charge in [0, 0.05) is 38.2 Å². The van der Waals surface area contributed by atoms with E-state index in [2.05, 4.69) is 47.9 Å². The van der Waals surface area contributed by atoms with Crippen molar-refractivity contribution in [3.63, 3.8) is 0 Å². The molecular weight excluding hydrogens is 252 g/mol. The van der Waals surface area contributed by atoms with Crippen molar-refractivity contribution < 1.29 is 4.74 Å². The standard InChI is InChI=1S/C15H28N4O/c1-7-13-17-14(16-6)10-15(18-13)20-9-8-19(11(2)3)12(4)5/h10-12H,7-9H2,1-6H3,(H,16,17,18). The molecule has 0 saturated heterocycles. The molecule has 0 bridgehead atoms. The van der Waals surface area contributed by atoms with Gasteiger partial charge in [-0.1, -0.05) is 6.92 Å². The molecule has 0 atom stereocenters. The summed E-state index contributed by atoms with van der Waals surface area (Å²) in [5.74, 6) is 2.25. The molecule has 1 heterocycles. The molecule has 0 saturated carbocycles. The Bertz CT molecular complexity index is 377. The molecule has 0 aliphatic rings. The first-order valence-electron chi connectivity index (χ1n) is 7.42. The number of nitrogens with zero attached hydrogens (tertiary/aromatic N) is 3. The second-order valence-electron chi connectivity index (χ2n) is 5.38. The van der Waals surface area contributed by atoms with Crippen LogP contribution in [-0.2, 0) is 6.42 Å². The first-order valence-corrected chi connectivity index (χ1v) is 7.42. The molecule has 1 rings (SSSR count). The average Bonchev–Trinajstić information content (AvgIpc) is 2.42. The Morgan fingerprint density at radius 3 is 2.35 bits per heavy atom. The minimum atomic E-state index is 0.517. The van der Waals surface area contributed by atoms with E-state index in [1.165, 1.54) is 0 Å². The fourth-order valence-corrected chi connectivity index (χ4v) is 2.20. The van der Waals surface area contributed by atoms with Gasteiger partial charge in [0.25, 0.3) is 0 Å². The smallest absolute Gasteiger partial charge is 0.218 e. The van der Waals surface area contributed by atoms with E-state index < -0.39 is 0 Å². The van der Waals surface area contributed by atoms with Gasteiger partial charge in [0.15, 0.2) is 0 Å². The number of hydrogen-bond donors (Lipinski definition) is 1. The van der Waals surface area contributed by atoms with Gasteiger partial charge >= 0.3 is 0 Å². The number of aryl methyl sites for hydroxylation is 1. The van der Waals surface area contributed by atoms with Gasteiger partial charge in [-0.2, -0.15) is 4.98 Å². The van der Waals surface area contributed by atoms with E-state index in [0.717, 1.165) is 24.6 Å². The average molecular weight is 280 g/mol. The van der Waals surface area contributed by atoms with Gasteiger partial charge in [0.05, 0.1) is 0 Å². The Kier molecular flexibility index (Phi) is 6.71. The van der Waals surface area contributed by atoms with Crippen LogP contribution in [-0.4, -0.2) is 47.2 Å². The second kappa shape index (κ2) is 8.04. The third kappa shape index (κ3) is 4.96. The summed E-state index contributed by atoms with van der Waals surface area (Å²) >= 11 is 0. The van der Waals surface area contributed by atoms with Gasteiger partial charge in [-0.25, -0.2) is 4.98 Å². The summed E-state index contributed by atoms with van der Waals surface area (Å²) < 4.78 is 5.79. The van der Waals surface area contributed by atoms with Crippen molar-refractivity contribution in [2.75, 3.05) is 25.5 Å². The van der Waals surface area contributed by atoms with Crippen molar-refractivity contribution in [3.05, 3.63) is 11.9 Å². The third-order valence-corrected chi connectivity index (χ3v) is 3.25. The molecule has 0 radical (unpaired) electrons. The largest absolute Gasteiger partial charge is 0.476 e. The van der Waals surface area contributed by atoms with Crippen LogP contribution in [0.25, 0.3) is 0 Å². The van der Waals surface area contributed by atoms with Crippen LogP contribution in [0.4, 0.5) is 5.82 Å². The van der Waals surface area contributed by atoms with Crippen LogP contribution in [0.1, 0.15) is 40.4 Å². The zero-order chi connectivity index (χ0) is 15.1. The highest BCUT2D eigenvalue weighted by Crippen LogP contribution is 2.14. The fraction of sp³-hybridized carbons (Fsp3) is 0.733. The Labute approximate surface area is 122 Å². The summed E-state index contributed by atoms with van der Waals surface area (Å²) in [6.07, 6.45) is 0.802. The molecule has 5 heteroatoms. The van der Waals surface area contributed by atoms with Crippen LogP contribution in [0, 0.1) is 0 Å². The number of ether oxygens (including phenoxy) is 1. The summed E-state index contributed by atoms with van der Waals surface area (Å²) in [5.41, 5.74) is 0. The Morgan fingerprint density at radius 2 is 1.85 bits per heavy atom. The van der Waals surface area contributed by atoms with E-state index in [1.807, 2.05) is 20.0 Å². The lowest BCUT2D eigenvalue weighted by Gasteiger charge is -2.30. The van der Waals surface area contributed by atoms with E-state index in [0.29, 0.717) is 24.6 Å². The first-order chi connectivity index (χ1) is 9.47. The summed E-state index contributed by atoms with van der Waals surface area (Å²) in [6.45, 7) is 12.4. The van der Waals surface area contributed by atoms with Crippen LogP contribution < -0.4 is 10.1 Å². The van der Waals surface area contributed by atoms with Crippen LogP contribution >= 0.6 is 0 Å². The minimum absolute atomic E-state index is 0.517. The number of anilines is 1. The van der Waals surface area contributed by atoms with Crippen LogP contribution in [0.2, 0.25) is 0 Å². The van der Waals surface area contributed by atoms with Gasteiger partial charge in [0.1, 0.15) is 18.2 Å². The summed E-state index contributed by atoms with van der Waals surface area (Å²) in [5, 5.41) is 3.04. The van der Waals surface area contributed by atoms with Gasteiger partial charge in [-0.05, 0) is 27.7 Å². The highest BCUT2D eigenvalue weighted by molar-refractivity contribution is 5.37. The van der Waals surface area contributed by atoms with Crippen LogP contribution in [0.3, 0.4) is 0 Å². The molecule has 0 fully saturated rings. The molecule has 0 spiro atoms. The zero-order valence-electron chi connectivity index (χ0n) is 13.6. The van der Waals surface area contributed by atoms with Gasteiger partial charge in [-0.3, -0.25) is 4.90 Å². The maximum absolute atomic E-state index is 5.79. The van der Waals surface area contributed by atoms with E-state index in [1.54, 1.807) is 0 Å². The molecule has 0 aromatic carbocycles. The summed E-state index contributed by atoms with van der Waals surface area (Å²) in [6, 6.07) is 2.87. The third-order valence-electron chi connectivity index (χ3n) is 3.25. The molecule has 0 unspecified atom stereocenters. The molecule has 1 N–H and O–H groups in total. The maximum atomic E-state index is 5.79. The lowest BCUT2D eigenvalue weighted by molar-refractivity contribution is 0.140. The lowest BCUT2D eigenvalue weighted by atomic mass is 10.2. The fourth-order valence-electron chi connectivity index (χ4n) is 2.20. The van der Waals surface area contributed by atoms with Gasteiger partial charge < -0.3 is 10.1 Å². The topological polar surface area (TPSA) is 50.3 Å². The Morgan fingerprint density at radius 1 is 1.20 bits per heavy atom. The first kappa shape index (κ1) is 16.7. The highest BCUT2D eigenvalue weighted by Gasteiger charge is 2.13. The van der Waals surface area contributed by atoms with E-state index in [9.17, 15) is 0 Å². The molecule has 5 nitrogen and oxygen atoms in total. The van der Waals surface area contributed by atoms with Crippen molar-refractivity contribution in [2.45, 2.75) is 53.1 Å². The SMILES string of the molecule is CCc1nc(NC)cc(OCCN(C(C)C)C(C)C)n1. The van der Waals surface area contributed by atoms with E-state index in [4.69, 9.17) is 4.74 Å². The molecule has 0 amide bonds. The van der Waals surface area contributed by atoms with Crippen molar-refractivity contribution in [3.8, 4) is 5.88 Å². The maximum Gasteiger partial charge on any atom is 0.218 e. The molecule has 0 aliphatic heterocycles. The Balaban J connectivity index is 2.61. The molecule has 1 aromatic rings. The minimum Gasteiger partial charge on any atom is -0.476 e. The molecule has 114 valence electrons. The highest BCUT2D eigenvalue weighted by atomic mass is 16.5. The van der Waals surface area contributed by atoms with E-state index >= 15 is 0 Å². The van der Waals surface area contributed by atoms with Crippen LogP contribution in [0.5, 0.6) is 5.88 Å². The van der Waals surface area contributed by atoms with Crippen LogP contribution in [0.15, 0.2) is 6.07 Å². The van der Waals surface area contributed by atoms with Gasteiger partial charge in [-0.15, -0.1) is 0 Å². The van der Waals surface area contributed by atoms with Crippen molar-refractivity contribution in [1.82, 2.24) is 14.9 Å². The molecule has 1 aromatic heterocycles. The van der Waals surface area contributed by atoms with E-state index in [-0.39, 0.29) is 0 Å². The van der Waals surface area contributed by atoms with Crippen molar-refractivity contribution in [1.29, 1.82) is 0 Å². The predicted molar refractivity (Wildman–Crippen MR) is 83.4 cm³/mol. The van der Waals surface area contributed by atoms with Crippen molar-refractivity contribution in [2.24, 2.45) is 0 Å². The number of hydrogen-bond acceptors (Lipinski definition) is 5. The monoisotopic (exact) mass is 280 g/mol. The predicted octanol–water partition coefficient (Wildman–Crippen LogP) is 2.58. The quantitative estimate of drug-likeness (QED) is 0.793.